The van der Waals surface area contributed by atoms with Gasteiger partial charge in [0.15, 0.2) is 0 Å². The summed E-state index contributed by atoms with van der Waals surface area (Å²) in [6, 6.07) is 14.2. The van der Waals surface area contributed by atoms with Gasteiger partial charge in [0.05, 0.1) is 24.0 Å². The van der Waals surface area contributed by atoms with Crippen LogP contribution >= 0.6 is 0 Å². The maximum absolute atomic E-state index is 12.1. The number of carbonyl (C=O) groups excluding carboxylic acids is 1. The lowest BCUT2D eigenvalue weighted by atomic mass is 10.0. The average Bonchev–Trinajstić information content (AvgIpc) is 3.15. The molecule has 1 aliphatic rings. The van der Waals surface area contributed by atoms with Crippen LogP contribution in [0.15, 0.2) is 48.7 Å². The highest BCUT2D eigenvalue weighted by Gasteiger charge is 2.26. The first kappa shape index (κ1) is 20.3. The maximum Gasteiger partial charge on any atom is 0.269 e. The van der Waals surface area contributed by atoms with E-state index in [-0.39, 0.29) is 18.1 Å². The van der Waals surface area contributed by atoms with Gasteiger partial charge in [0.2, 0.25) is 0 Å². The lowest BCUT2D eigenvalue weighted by molar-refractivity contribution is 0.0948. The lowest BCUT2D eigenvalue weighted by Crippen LogP contribution is -2.36. The van der Waals surface area contributed by atoms with E-state index in [0.717, 1.165) is 31.6 Å². The van der Waals surface area contributed by atoms with E-state index in [0.29, 0.717) is 18.8 Å². The highest BCUT2D eigenvalue weighted by Crippen LogP contribution is 2.27. The molecule has 0 spiro atoms. The molecule has 1 amide bonds. The molecule has 2 atom stereocenters. The normalized spacial score (nSPS) is 18.0. The molecule has 0 bridgehead atoms. The summed E-state index contributed by atoms with van der Waals surface area (Å²) in [5.74, 6) is -0.137. The van der Waals surface area contributed by atoms with Crippen molar-refractivity contribution in [2.75, 3.05) is 38.1 Å². The smallest absolute Gasteiger partial charge is 0.269 e. The standard InChI is InChI=1S/C22H30N4O2/c1-3-12-23-22(28)20-10-9-18(14-24-20)25(2)21(17-7-5-4-6-8-17)16-26-13-11-19(27)15-26/h4-10,14,19,21,27H,3,11-13,15-16H2,1-2H3,(H,23,28)/t19-,21+/m0/s1. The highest BCUT2D eigenvalue weighted by atomic mass is 16.3. The summed E-state index contributed by atoms with van der Waals surface area (Å²) < 4.78 is 0. The third-order valence-corrected chi connectivity index (χ3v) is 5.25. The number of carbonyl (C=O) groups is 1. The molecule has 150 valence electrons. The highest BCUT2D eigenvalue weighted by molar-refractivity contribution is 5.92. The second-order valence-corrected chi connectivity index (χ2v) is 7.40. The molecular weight excluding hydrogens is 352 g/mol. The number of benzene rings is 1. The van der Waals surface area contributed by atoms with Gasteiger partial charge < -0.3 is 15.3 Å². The lowest BCUT2D eigenvalue weighted by Gasteiger charge is -2.33. The Morgan fingerprint density at radius 3 is 2.71 bits per heavy atom. The van der Waals surface area contributed by atoms with E-state index >= 15 is 0 Å². The van der Waals surface area contributed by atoms with Crippen LogP contribution in [0.2, 0.25) is 0 Å². The number of aliphatic hydroxyl groups is 1. The van der Waals surface area contributed by atoms with Crippen LogP contribution in [0.1, 0.15) is 41.9 Å². The first-order chi connectivity index (χ1) is 13.6. The van der Waals surface area contributed by atoms with Gasteiger partial charge in [-0.25, -0.2) is 4.98 Å². The molecule has 6 heteroatoms. The molecule has 1 aromatic carbocycles. The van der Waals surface area contributed by atoms with Crippen LogP contribution < -0.4 is 10.2 Å². The summed E-state index contributed by atoms with van der Waals surface area (Å²) >= 11 is 0. The van der Waals surface area contributed by atoms with Crippen molar-refractivity contribution in [3.8, 4) is 0 Å². The molecule has 0 radical (unpaired) electrons. The molecule has 1 saturated heterocycles. The minimum Gasteiger partial charge on any atom is -0.392 e. The van der Waals surface area contributed by atoms with E-state index in [1.165, 1.54) is 5.56 Å². The minimum absolute atomic E-state index is 0.132. The van der Waals surface area contributed by atoms with Gasteiger partial charge in [0.1, 0.15) is 5.69 Å². The van der Waals surface area contributed by atoms with Crippen LogP contribution in [0.3, 0.4) is 0 Å². The molecule has 3 rings (SSSR count). The molecule has 6 nitrogen and oxygen atoms in total. The van der Waals surface area contributed by atoms with Crippen LogP contribution in [0, 0.1) is 0 Å². The Balaban J connectivity index is 1.76. The number of hydrogen-bond acceptors (Lipinski definition) is 5. The number of amides is 1. The van der Waals surface area contributed by atoms with E-state index in [2.05, 4.69) is 51.4 Å². The van der Waals surface area contributed by atoms with Crippen LogP contribution in [-0.4, -0.2) is 60.2 Å². The van der Waals surface area contributed by atoms with E-state index < -0.39 is 0 Å². The number of rotatable bonds is 8. The summed E-state index contributed by atoms with van der Waals surface area (Å²) in [5, 5.41) is 12.7. The Labute approximate surface area is 167 Å². The van der Waals surface area contributed by atoms with Gasteiger partial charge in [-0.05, 0) is 30.5 Å². The topological polar surface area (TPSA) is 68.7 Å². The monoisotopic (exact) mass is 382 g/mol. The Morgan fingerprint density at radius 1 is 1.32 bits per heavy atom. The fourth-order valence-corrected chi connectivity index (χ4v) is 3.59. The Morgan fingerprint density at radius 2 is 2.11 bits per heavy atom. The fourth-order valence-electron chi connectivity index (χ4n) is 3.59. The van der Waals surface area contributed by atoms with Crippen LogP contribution in [0.25, 0.3) is 0 Å². The number of aliphatic hydroxyl groups excluding tert-OH is 1. The zero-order chi connectivity index (χ0) is 19.9. The van der Waals surface area contributed by atoms with Crippen molar-refractivity contribution in [3.05, 3.63) is 59.9 Å². The van der Waals surface area contributed by atoms with Crippen LogP contribution in [0.5, 0.6) is 0 Å². The summed E-state index contributed by atoms with van der Waals surface area (Å²) in [7, 11) is 2.05. The molecular formula is C22H30N4O2. The van der Waals surface area contributed by atoms with Gasteiger partial charge in [-0.1, -0.05) is 37.3 Å². The van der Waals surface area contributed by atoms with Crippen LogP contribution in [0.4, 0.5) is 5.69 Å². The average molecular weight is 383 g/mol. The van der Waals surface area contributed by atoms with Gasteiger partial charge in [0, 0.05) is 33.2 Å². The summed E-state index contributed by atoms with van der Waals surface area (Å²) in [5.41, 5.74) is 2.61. The van der Waals surface area contributed by atoms with Crippen molar-refractivity contribution in [2.45, 2.75) is 31.9 Å². The Bertz CT molecular complexity index is 751. The first-order valence-electron chi connectivity index (χ1n) is 10.0. The van der Waals surface area contributed by atoms with Gasteiger partial charge >= 0.3 is 0 Å². The molecule has 0 saturated carbocycles. The van der Waals surface area contributed by atoms with Gasteiger partial charge in [-0.2, -0.15) is 0 Å². The van der Waals surface area contributed by atoms with E-state index in [1.54, 1.807) is 12.3 Å². The number of hydrogen-bond donors (Lipinski definition) is 2. The number of likely N-dealkylation sites (N-methyl/N-ethyl adjacent to an activating group) is 1. The maximum atomic E-state index is 12.1. The Hall–Kier alpha value is -2.44. The van der Waals surface area contributed by atoms with Crippen molar-refractivity contribution in [1.82, 2.24) is 15.2 Å². The van der Waals surface area contributed by atoms with Gasteiger partial charge in [-0.3, -0.25) is 9.69 Å². The number of anilines is 1. The largest absolute Gasteiger partial charge is 0.392 e. The SMILES string of the molecule is CCCNC(=O)c1ccc(N(C)[C@H](CN2CC[C@H](O)C2)c2ccccc2)cn1. The predicted molar refractivity (Wildman–Crippen MR) is 112 cm³/mol. The van der Waals surface area contributed by atoms with Crippen molar-refractivity contribution in [3.63, 3.8) is 0 Å². The minimum atomic E-state index is -0.232. The molecule has 1 aliphatic heterocycles. The molecule has 2 N–H and O–H groups in total. The zero-order valence-electron chi connectivity index (χ0n) is 16.7. The number of β-amino-alcohol motifs (C(OH)–C–C–N with tert-alkyl or cyclic N) is 1. The molecule has 1 fully saturated rings. The molecule has 2 heterocycles. The number of aromatic nitrogens is 1. The van der Waals surface area contributed by atoms with E-state index in [9.17, 15) is 9.90 Å². The van der Waals surface area contributed by atoms with Crippen molar-refractivity contribution < 1.29 is 9.90 Å². The van der Waals surface area contributed by atoms with Crippen molar-refractivity contribution >= 4 is 11.6 Å². The molecule has 0 unspecified atom stereocenters. The third-order valence-electron chi connectivity index (χ3n) is 5.25. The number of nitrogens with zero attached hydrogens (tertiary/aromatic N) is 3. The molecule has 2 aromatic rings. The summed E-state index contributed by atoms with van der Waals surface area (Å²) in [6.45, 7) is 5.13. The number of likely N-dealkylation sites (tertiary alicyclic amines) is 1. The number of nitrogens with one attached hydrogen (secondary N) is 1. The van der Waals surface area contributed by atoms with E-state index in [4.69, 9.17) is 0 Å². The van der Waals surface area contributed by atoms with E-state index in [1.807, 2.05) is 19.1 Å². The van der Waals surface area contributed by atoms with Gasteiger partial charge in [-0.15, -0.1) is 0 Å². The van der Waals surface area contributed by atoms with Crippen molar-refractivity contribution in [2.24, 2.45) is 0 Å². The third kappa shape index (κ3) is 5.09. The summed E-state index contributed by atoms with van der Waals surface area (Å²) in [4.78, 5) is 20.9. The van der Waals surface area contributed by atoms with Crippen molar-refractivity contribution in [1.29, 1.82) is 0 Å². The quantitative estimate of drug-likeness (QED) is 0.734. The molecule has 28 heavy (non-hydrogen) atoms. The number of pyridine rings is 1. The van der Waals surface area contributed by atoms with Crippen LogP contribution in [-0.2, 0) is 0 Å². The Kier molecular flexibility index (Phi) is 7.01. The van der Waals surface area contributed by atoms with Gasteiger partial charge in [0.25, 0.3) is 5.91 Å². The predicted octanol–water partition coefficient (Wildman–Crippen LogP) is 2.47. The molecule has 0 aliphatic carbocycles. The first-order valence-corrected chi connectivity index (χ1v) is 10.0. The zero-order valence-corrected chi connectivity index (χ0v) is 16.7. The second kappa shape index (κ2) is 9.66. The fraction of sp³-hybridized carbons (Fsp3) is 0.455. The second-order valence-electron chi connectivity index (χ2n) is 7.40. The summed E-state index contributed by atoms with van der Waals surface area (Å²) in [6.07, 6.45) is 3.25. The molecule has 1 aromatic heterocycles.